The largest absolute Gasteiger partial charge is 0.493 e. The molecule has 0 saturated carbocycles. The normalized spacial score (nSPS) is 10.6. The third-order valence-electron chi connectivity index (χ3n) is 3.28. The predicted octanol–water partition coefficient (Wildman–Crippen LogP) is 3.62. The lowest BCUT2D eigenvalue weighted by Crippen LogP contribution is -1.99. The van der Waals surface area contributed by atoms with Crippen molar-refractivity contribution in [3.8, 4) is 11.5 Å². The molecule has 0 saturated heterocycles. The summed E-state index contributed by atoms with van der Waals surface area (Å²) in [7, 11) is 2.93. The van der Waals surface area contributed by atoms with Gasteiger partial charge in [0.2, 0.25) is 0 Å². The van der Waals surface area contributed by atoms with Gasteiger partial charge >= 0.3 is 5.69 Å². The van der Waals surface area contributed by atoms with Crippen LogP contribution in [0.25, 0.3) is 0 Å². The molecule has 0 amide bonds. The van der Waals surface area contributed by atoms with E-state index in [2.05, 4.69) is 10.5 Å². The van der Waals surface area contributed by atoms with E-state index in [1.54, 1.807) is 6.07 Å². The van der Waals surface area contributed by atoms with Gasteiger partial charge in [-0.15, -0.1) is 0 Å². The van der Waals surface area contributed by atoms with Crippen molar-refractivity contribution in [3.63, 3.8) is 0 Å². The SMILES string of the molecule is COc1cc(Cl)c(/C=N\Nc2ccc([N+](=O)[O-])cc2[N+](=O)[O-])cc1OC. The van der Waals surface area contributed by atoms with E-state index in [1.807, 2.05) is 0 Å². The van der Waals surface area contributed by atoms with Crippen LogP contribution in [0.2, 0.25) is 5.02 Å². The first-order chi connectivity index (χ1) is 12.4. The van der Waals surface area contributed by atoms with Gasteiger partial charge in [0.25, 0.3) is 5.69 Å². The molecule has 2 aromatic rings. The molecule has 2 rings (SSSR count). The molecule has 0 unspecified atom stereocenters. The highest BCUT2D eigenvalue weighted by atomic mass is 35.5. The highest BCUT2D eigenvalue weighted by Crippen LogP contribution is 2.32. The molecule has 0 bridgehead atoms. The summed E-state index contributed by atoms with van der Waals surface area (Å²) in [6, 6.07) is 6.30. The molecule has 1 N–H and O–H groups in total. The lowest BCUT2D eigenvalue weighted by Gasteiger charge is -2.09. The van der Waals surface area contributed by atoms with Crippen molar-refractivity contribution in [3.05, 3.63) is 61.1 Å². The minimum absolute atomic E-state index is 0.00607. The topological polar surface area (TPSA) is 129 Å². The number of hydrogen-bond acceptors (Lipinski definition) is 8. The minimum Gasteiger partial charge on any atom is -0.493 e. The van der Waals surface area contributed by atoms with Crippen LogP contribution >= 0.6 is 11.6 Å². The van der Waals surface area contributed by atoms with E-state index in [0.29, 0.717) is 22.1 Å². The number of nitro benzene ring substituents is 2. The summed E-state index contributed by atoms with van der Waals surface area (Å²) in [5.74, 6) is 0.869. The fourth-order valence-electron chi connectivity index (χ4n) is 2.02. The van der Waals surface area contributed by atoms with Crippen LogP contribution in [0.15, 0.2) is 35.4 Å². The maximum Gasteiger partial charge on any atom is 0.301 e. The number of rotatable bonds is 7. The van der Waals surface area contributed by atoms with Gasteiger partial charge < -0.3 is 9.47 Å². The Kier molecular flexibility index (Phi) is 5.91. The maximum absolute atomic E-state index is 11.1. The summed E-state index contributed by atoms with van der Waals surface area (Å²) in [4.78, 5) is 20.3. The Labute approximate surface area is 152 Å². The first kappa shape index (κ1) is 18.9. The van der Waals surface area contributed by atoms with Gasteiger partial charge in [-0.2, -0.15) is 5.10 Å². The van der Waals surface area contributed by atoms with Crippen molar-refractivity contribution in [2.45, 2.75) is 0 Å². The lowest BCUT2D eigenvalue weighted by molar-refractivity contribution is -0.393. The van der Waals surface area contributed by atoms with Crippen LogP contribution in [0.1, 0.15) is 5.56 Å². The van der Waals surface area contributed by atoms with Crippen molar-refractivity contribution in [1.82, 2.24) is 0 Å². The Morgan fingerprint density at radius 1 is 1.08 bits per heavy atom. The number of methoxy groups -OCH3 is 2. The van der Waals surface area contributed by atoms with E-state index < -0.39 is 21.2 Å². The van der Waals surface area contributed by atoms with Crippen LogP contribution in [-0.2, 0) is 0 Å². The second-order valence-corrected chi connectivity index (χ2v) is 5.22. The van der Waals surface area contributed by atoms with E-state index in [9.17, 15) is 20.2 Å². The number of benzene rings is 2. The van der Waals surface area contributed by atoms with Gasteiger partial charge in [0.1, 0.15) is 5.69 Å². The minimum atomic E-state index is -0.742. The number of hydrogen-bond donors (Lipinski definition) is 1. The Hall–Kier alpha value is -3.40. The highest BCUT2D eigenvalue weighted by molar-refractivity contribution is 6.33. The monoisotopic (exact) mass is 380 g/mol. The zero-order chi connectivity index (χ0) is 19.3. The van der Waals surface area contributed by atoms with Crippen molar-refractivity contribution in [2.24, 2.45) is 5.10 Å². The molecule has 0 aliphatic heterocycles. The second kappa shape index (κ2) is 8.12. The molecule has 0 aromatic heterocycles. The van der Waals surface area contributed by atoms with Crippen LogP contribution < -0.4 is 14.9 Å². The number of hydrazone groups is 1. The molecule has 2 aromatic carbocycles. The van der Waals surface area contributed by atoms with Crippen LogP contribution in [0.5, 0.6) is 11.5 Å². The fraction of sp³-hybridized carbons (Fsp3) is 0.133. The summed E-state index contributed by atoms with van der Waals surface area (Å²) >= 11 is 6.12. The quantitative estimate of drug-likeness (QED) is 0.441. The lowest BCUT2D eigenvalue weighted by atomic mass is 10.2. The average Bonchev–Trinajstić information content (AvgIpc) is 2.62. The van der Waals surface area contributed by atoms with Gasteiger partial charge in [0, 0.05) is 17.7 Å². The standard InChI is InChI=1S/C15H13ClN4O6/c1-25-14-5-9(11(16)7-15(14)26-2)8-17-18-12-4-3-10(19(21)22)6-13(12)20(23)24/h3-8,18H,1-2H3/b17-8-. The number of halogens is 1. The van der Waals surface area contributed by atoms with E-state index >= 15 is 0 Å². The summed E-state index contributed by atoms with van der Waals surface area (Å²) in [5, 5.41) is 26.0. The molecule has 11 heteroatoms. The molecule has 0 spiro atoms. The van der Waals surface area contributed by atoms with Gasteiger partial charge in [-0.25, -0.2) is 0 Å². The van der Waals surface area contributed by atoms with Crippen LogP contribution in [0, 0.1) is 20.2 Å². The molecule has 0 radical (unpaired) electrons. The second-order valence-electron chi connectivity index (χ2n) is 4.81. The first-order valence-electron chi connectivity index (χ1n) is 7.00. The molecular weight excluding hydrogens is 368 g/mol. The highest BCUT2D eigenvalue weighted by Gasteiger charge is 2.19. The van der Waals surface area contributed by atoms with Gasteiger partial charge in [0.05, 0.1) is 41.4 Å². The first-order valence-corrected chi connectivity index (χ1v) is 7.38. The molecule has 0 heterocycles. The van der Waals surface area contributed by atoms with Crippen LogP contribution in [-0.4, -0.2) is 30.3 Å². The molecule has 0 atom stereocenters. The van der Waals surface area contributed by atoms with E-state index in [1.165, 1.54) is 32.6 Å². The summed E-state index contributed by atoms with van der Waals surface area (Å²) in [5.41, 5.74) is 2.07. The Bertz CT molecular complexity index is 887. The number of anilines is 1. The van der Waals surface area contributed by atoms with E-state index in [0.717, 1.165) is 12.1 Å². The van der Waals surface area contributed by atoms with Gasteiger partial charge in [-0.1, -0.05) is 11.6 Å². The number of ether oxygens (including phenoxy) is 2. The number of non-ortho nitro benzene ring substituents is 1. The Balaban J connectivity index is 2.28. The average molecular weight is 381 g/mol. The molecule has 0 aliphatic carbocycles. The zero-order valence-electron chi connectivity index (χ0n) is 13.6. The zero-order valence-corrected chi connectivity index (χ0v) is 14.4. The fourth-order valence-corrected chi connectivity index (χ4v) is 2.22. The third-order valence-corrected chi connectivity index (χ3v) is 3.61. The Morgan fingerprint density at radius 2 is 1.73 bits per heavy atom. The molecular formula is C15H13ClN4O6. The van der Waals surface area contributed by atoms with E-state index in [4.69, 9.17) is 21.1 Å². The summed E-state index contributed by atoms with van der Waals surface area (Å²) in [6.07, 6.45) is 1.33. The smallest absolute Gasteiger partial charge is 0.301 e. The van der Waals surface area contributed by atoms with E-state index in [-0.39, 0.29) is 5.69 Å². The molecule has 10 nitrogen and oxygen atoms in total. The van der Waals surface area contributed by atoms with Crippen LogP contribution in [0.4, 0.5) is 17.1 Å². The number of nitrogens with zero attached hydrogens (tertiary/aromatic N) is 3. The number of nitrogens with one attached hydrogen (secondary N) is 1. The van der Waals surface area contributed by atoms with Gasteiger partial charge in [-0.3, -0.25) is 25.7 Å². The third kappa shape index (κ3) is 4.16. The molecule has 136 valence electrons. The van der Waals surface area contributed by atoms with Crippen molar-refractivity contribution >= 4 is 34.9 Å². The van der Waals surface area contributed by atoms with Crippen LogP contribution in [0.3, 0.4) is 0 Å². The molecule has 0 fully saturated rings. The van der Waals surface area contributed by atoms with Crippen molar-refractivity contribution in [2.75, 3.05) is 19.6 Å². The predicted molar refractivity (Wildman–Crippen MR) is 95.5 cm³/mol. The number of nitro groups is 2. The summed E-state index contributed by atoms with van der Waals surface area (Å²) in [6.45, 7) is 0. The molecule has 26 heavy (non-hydrogen) atoms. The Morgan fingerprint density at radius 3 is 2.31 bits per heavy atom. The van der Waals surface area contributed by atoms with Crippen molar-refractivity contribution in [1.29, 1.82) is 0 Å². The summed E-state index contributed by atoms with van der Waals surface area (Å²) < 4.78 is 10.3. The van der Waals surface area contributed by atoms with Crippen molar-refractivity contribution < 1.29 is 19.3 Å². The van der Waals surface area contributed by atoms with Gasteiger partial charge in [0.15, 0.2) is 11.5 Å². The molecule has 0 aliphatic rings. The maximum atomic E-state index is 11.1. The van der Waals surface area contributed by atoms with Gasteiger partial charge in [-0.05, 0) is 12.1 Å².